The number of guanidine groups is 1. The molecule has 45 heavy (non-hydrogen) atoms. The number of rotatable bonds is 8. The second-order valence-electron chi connectivity index (χ2n) is 12.4. The number of benzene rings is 2. The van der Waals surface area contributed by atoms with Crippen LogP contribution in [-0.4, -0.2) is 116 Å². The number of hydrogen-bond acceptors (Lipinski definition) is 10. The number of hydrogen-bond donors (Lipinski definition) is 2. The molecule has 0 aliphatic carbocycles. The van der Waals surface area contributed by atoms with Gasteiger partial charge in [0.1, 0.15) is 24.3 Å². The smallest absolute Gasteiger partial charge is 0.251 e. The minimum atomic E-state index is -1.38. The number of halogens is 1. The highest BCUT2D eigenvalue weighted by atomic mass is 19.1. The van der Waals surface area contributed by atoms with Crippen LogP contribution in [0.1, 0.15) is 37.6 Å². The summed E-state index contributed by atoms with van der Waals surface area (Å²) < 4.78 is 21.2. The van der Waals surface area contributed by atoms with E-state index in [1.165, 1.54) is 17.5 Å². The van der Waals surface area contributed by atoms with Crippen molar-refractivity contribution < 1.29 is 19.0 Å². The molecular weight excluding hydrogens is 575 g/mol. The van der Waals surface area contributed by atoms with Gasteiger partial charge in [0, 0.05) is 63.1 Å². The highest BCUT2D eigenvalue weighted by Gasteiger charge is 2.34. The van der Waals surface area contributed by atoms with Crippen molar-refractivity contribution >= 4 is 36.3 Å². The van der Waals surface area contributed by atoms with Gasteiger partial charge < -0.3 is 34.8 Å². The van der Waals surface area contributed by atoms with Gasteiger partial charge in [0.25, 0.3) is 5.91 Å². The highest BCUT2D eigenvalue weighted by Crippen LogP contribution is 2.32. The van der Waals surface area contributed by atoms with Crippen LogP contribution in [0.4, 0.5) is 15.8 Å². The summed E-state index contributed by atoms with van der Waals surface area (Å²) in [6, 6.07) is 14.1. The third-order valence-electron chi connectivity index (χ3n) is 8.58. The maximum absolute atomic E-state index is 15.0. The fourth-order valence-electron chi connectivity index (χ4n) is 6.21. The summed E-state index contributed by atoms with van der Waals surface area (Å²) in [4.78, 5) is 33.4. The fourth-order valence-corrected chi connectivity index (χ4v) is 6.21. The zero-order valence-corrected chi connectivity index (χ0v) is 26.6. The van der Waals surface area contributed by atoms with E-state index in [-0.39, 0.29) is 19.3 Å². The summed E-state index contributed by atoms with van der Waals surface area (Å²) in [5, 5.41) is 13.0. The van der Waals surface area contributed by atoms with E-state index in [9.17, 15) is 9.90 Å². The zero-order chi connectivity index (χ0) is 32.1. The molecule has 2 aromatic rings. The summed E-state index contributed by atoms with van der Waals surface area (Å²) in [5.41, 5.74) is 3.81. The fraction of sp³-hybridized carbons (Fsp3) is 0.515. The summed E-state index contributed by atoms with van der Waals surface area (Å²) in [6.45, 7) is 12.0. The second kappa shape index (κ2) is 14.4. The molecule has 0 saturated carbocycles. The maximum Gasteiger partial charge on any atom is 0.251 e. The van der Waals surface area contributed by atoms with Crippen molar-refractivity contribution in [3.63, 3.8) is 0 Å². The van der Waals surface area contributed by atoms with Crippen LogP contribution in [0.2, 0.25) is 0 Å². The van der Waals surface area contributed by atoms with Crippen molar-refractivity contribution in [2.24, 2.45) is 20.9 Å². The van der Waals surface area contributed by atoms with Gasteiger partial charge in [-0.25, -0.2) is 14.4 Å². The first-order chi connectivity index (χ1) is 21.6. The zero-order valence-electron chi connectivity index (χ0n) is 26.6. The van der Waals surface area contributed by atoms with Crippen LogP contribution in [0.15, 0.2) is 57.4 Å². The number of likely N-dealkylation sites (N-methyl/N-ethyl adjacent to an activating group) is 1. The topological polar surface area (TPSA) is 109 Å². The Bertz CT molecular complexity index is 1400. The molecule has 2 aromatic carbocycles. The number of alkyl halides is 1. The van der Waals surface area contributed by atoms with Crippen LogP contribution in [0, 0.1) is 5.92 Å². The molecule has 11 nitrogen and oxygen atoms in total. The lowest BCUT2D eigenvalue weighted by Gasteiger charge is -2.35. The van der Waals surface area contributed by atoms with Crippen LogP contribution in [0.25, 0.3) is 0 Å². The van der Waals surface area contributed by atoms with E-state index < -0.39 is 24.3 Å². The number of likely N-dealkylation sites (tertiary alicyclic amines) is 1. The monoisotopic (exact) mass is 620 g/mol. The van der Waals surface area contributed by atoms with E-state index >= 15 is 4.39 Å². The molecule has 3 aliphatic heterocycles. The number of aliphatic hydroxyl groups excluding tert-OH is 1. The molecule has 2 fully saturated rings. The molecule has 1 amide bonds. The number of ether oxygens (including phenoxy) is 1. The Kier molecular flexibility index (Phi) is 10.3. The van der Waals surface area contributed by atoms with Gasteiger partial charge in [-0.3, -0.25) is 9.79 Å². The average Bonchev–Trinajstić information content (AvgIpc) is 3.19. The number of anilines is 2. The highest BCUT2D eigenvalue weighted by molar-refractivity contribution is 5.99. The van der Waals surface area contributed by atoms with Crippen LogP contribution in [0.3, 0.4) is 0 Å². The maximum atomic E-state index is 15.0. The Morgan fingerprint density at radius 3 is 2.64 bits per heavy atom. The van der Waals surface area contributed by atoms with Crippen molar-refractivity contribution in [1.82, 2.24) is 14.7 Å². The van der Waals surface area contributed by atoms with Gasteiger partial charge >= 0.3 is 0 Å². The molecule has 242 valence electrons. The number of amides is 1. The van der Waals surface area contributed by atoms with Gasteiger partial charge in [0.2, 0.25) is 5.96 Å². The van der Waals surface area contributed by atoms with E-state index in [0.29, 0.717) is 30.6 Å². The Balaban J connectivity index is 1.24. The quantitative estimate of drug-likeness (QED) is 0.436. The standard InChI is InChI=1S/C33H45FN8O3/c1-22-18-39(4)14-15-41(19-22)27-9-7-26(8-10-27)38-33-37-21-36-31(40(33)5)24-6-11-29(25(16-24)17-35-3)45-30-12-13-42(20-28(30)34)32(44)23(2)43/h6-11,16,21-23,28,30-31,43H,3,12-15,17-20H2,1-2,4-5H3,(H,36,37,38)/t22-,23-,28+,30-,31?/m0/s1. The number of nitrogens with one attached hydrogen (secondary N) is 1. The molecule has 5 rings (SSSR count). The van der Waals surface area contributed by atoms with Crippen molar-refractivity contribution in [3.05, 3.63) is 53.6 Å². The lowest BCUT2D eigenvalue weighted by atomic mass is 10.0. The number of carbonyl (C=O) groups is 1. The Hall–Kier alpha value is -4.03. The lowest BCUT2D eigenvalue weighted by Crippen LogP contribution is -2.51. The van der Waals surface area contributed by atoms with Gasteiger partial charge in [-0.05, 0) is 68.6 Å². The third kappa shape index (κ3) is 7.80. The van der Waals surface area contributed by atoms with E-state index in [2.05, 4.69) is 75.0 Å². The predicted octanol–water partition coefficient (Wildman–Crippen LogP) is 3.41. The molecule has 2 N–H and O–H groups in total. The van der Waals surface area contributed by atoms with Gasteiger partial charge in [0.15, 0.2) is 12.3 Å². The molecule has 2 saturated heterocycles. The molecule has 0 radical (unpaired) electrons. The van der Waals surface area contributed by atoms with Crippen LogP contribution in [-0.2, 0) is 11.3 Å². The van der Waals surface area contributed by atoms with Crippen LogP contribution < -0.4 is 15.0 Å². The molecule has 0 aromatic heterocycles. The van der Waals surface area contributed by atoms with Crippen LogP contribution in [0.5, 0.6) is 5.75 Å². The summed E-state index contributed by atoms with van der Waals surface area (Å²) in [6.07, 6.45) is -1.72. The van der Waals surface area contributed by atoms with E-state index in [1.807, 2.05) is 30.1 Å². The summed E-state index contributed by atoms with van der Waals surface area (Å²) >= 11 is 0. The molecule has 5 atom stereocenters. The molecule has 3 aliphatic rings. The molecule has 0 bridgehead atoms. The number of piperidine rings is 1. The normalized spacial score (nSPS) is 24.9. The largest absolute Gasteiger partial charge is 0.487 e. The first-order valence-corrected chi connectivity index (χ1v) is 15.6. The van der Waals surface area contributed by atoms with Gasteiger partial charge in [-0.15, -0.1) is 0 Å². The van der Waals surface area contributed by atoms with Crippen molar-refractivity contribution in [1.29, 1.82) is 0 Å². The van der Waals surface area contributed by atoms with Gasteiger partial charge in [0.05, 0.1) is 13.1 Å². The summed E-state index contributed by atoms with van der Waals surface area (Å²) in [5.74, 6) is 1.32. The Labute approximate surface area is 265 Å². The number of nitrogens with zero attached hydrogens (tertiary/aromatic N) is 7. The molecule has 3 heterocycles. The Morgan fingerprint density at radius 2 is 1.93 bits per heavy atom. The predicted molar refractivity (Wildman–Crippen MR) is 177 cm³/mol. The van der Waals surface area contributed by atoms with E-state index in [4.69, 9.17) is 4.74 Å². The number of aliphatic imine (C=N–C) groups is 3. The second-order valence-corrected chi connectivity index (χ2v) is 12.4. The van der Waals surface area contributed by atoms with E-state index in [1.54, 1.807) is 6.34 Å². The SMILES string of the molecule is C=NCc1cc(C2N=CN=C(Nc3ccc(N4CCN(C)C[C@H](C)C4)cc3)N2C)ccc1O[C@H]1CCN(C(=O)[C@H](C)O)C[C@H]1F. The average molecular weight is 621 g/mol. The lowest BCUT2D eigenvalue weighted by molar-refractivity contribution is -0.143. The first-order valence-electron chi connectivity index (χ1n) is 15.6. The Morgan fingerprint density at radius 1 is 1.16 bits per heavy atom. The summed E-state index contributed by atoms with van der Waals surface area (Å²) in [7, 11) is 4.12. The number of carbonyl (C=O) groups excluding carboxylic acids is 1. The van der Waals surface area contributed by atoms with Crippen LogP contribution >= 0.6 is 0 Å². The minimum Gasteiger partial charge on any atom is -0.487 e. The van der Waals surface area contributed by atoms with Gasteiger partial charge in [-0.2, -0.15) is 0 Å². The first kappa shape index (κ1) is 32.4. The van der Waals surface area contributed by atoms with Crippen molar-refractivity contribution in [3.8, 4) is 5.75 Å². The molecule has 1 unspecified atom stereocenters. The van der Waals surface area contributed by atoms with Crippen molar-refractivity contribution in [2.45, 2.75) is 51.4 Å². The number of aliphatic hydroxyl groups is 1. The van der Waals surface area contributed by atoms with E-state index in [0.717, 1.165) is 43.0 Å². The molecular formula is C33H45FN8O3. The third-order valence-corrected chi connectivity index (χ3v) is 8.58. The molecule has 12 heteroatoms. The van der Waals surface area contributed by atoms with Gasteiger partial charge in [-0.1, -0.05) is 13.0 Å². The van der Waals surface area contributed by atoms with Crippen molar-refractivity contribution in [2.75, 3.05) is 63.6 Å². The molecule has 0 spiro atoms. The minimum absolute atomic E-state index is 0.115.